The van der Waals surface area contributed by atoms with E-state index in [9.17, 15) is 18.3 Å². The van der Waals surface area contributed by atoms with E-state index in [0.29, 0.717) is 11.4 Å². The minimum atomic E-state index is -3.82. The number of hydrogen-bond acceptors (Lipinski definition) is 7. The number of nitrogens with zero attached hydrogens (tertiary/aromatic N) is 6. The van der Waals surface area contributed by atoms with Gasteiger partial charge in [0.15, 0.2) is 0 Å². The third kappa shape index (κ3) is 5.57. The van der Waals surface area contributed by atoms with Crippen molar-refractivity contribution in [2.75, 3.05) is 14.2 Å². The van der Waals surface area contributed by atoms with Crippen molar-refractivity contribution in [3.8, 4) is 11.4 Å². The number of carboxylic acids is 1. The Morgan fingerprint density at radius 3 is 2.56 bits per heavy atom. The van der Waals surface area contributed by atoms with Gasteiger partial charge >= 0.3 is 5.97 Å². The van der Waals surface area contributed by atoms with Crippen LogP contribution in [0.3, 0.4) is 0 Å². The second-order valence-corrected chi connectivity index (χ2v) is 11.0. The lowest BCUT2D eigenvalue weighted by Gasteiger charge is -2.19. The maximum atomic E-state index is 13.2. The molecule has 0 spiro atoms. The minimum Gasteiger partial charge on any atom is -0.495 e. The predicted molar refractivity (Wildman–Crippen MR) is 147 cm³/mol. The van der Waals surface area contributed by atoms with Gasteiger partial charge in [0.25, 0.3) is 0 Å². The molecule has 1 saturated carbocycles. The molecule has 2 aromatic carbocycles. The Bertz CT molecular complexity index is 1580. The van der Waals surface area contributed by atoms with Crippen LogP contribution < -0.4 is 4.74 Å². The molecule has 0 amide bonds. The van der Waals surface area contributed by atoms with Crippen LogP contribution in [0.15, 0.2) is 65.8 Å². The Hall–Kier alpha value is -4.03. The van der Waals surface area contributed by atoms with Crippen LogP contribution in [0, 0.1) is 0 Å². The van der Waals surface area contributed by atoms with Crippen molar-refractivity contribution in [3.63, 3.8) is 0 Å². The first-order chi connectivity index (χ1) is 17.7. The molecule has 1 aliphatic carbocycles. The summed E-state index contributed by atoms with van der Waals surface area (Å²) in [4.78, 5) is 12.1. The fourth-order valence-electron chi connectivity index (χ4n) is 4.57. The first-order valence-corrected chi connectivity index (χ1v) is 13.0. The van der Waals surface area contributed by atoms with Gasteiger partial charge in [-0.2, -0.15) is 9.40 Å². The lowest BCUT2D eigenvalue weighted by Crippen LogP contribution is -2.27. The smallest absolute Gasteiger partial charge is 0.339 e. The van der Waals surface area contributed by atoms with Gasteiger partial charge in [-0.15, -0.1) is 5.10 Å². The van der Waals surface area contributed by atoms with Crippen LogP contribution in [0.1, 0.15) is 60.4 Å². The van der Waals surface area contributed by atoms with Gasteiger partial charge in [0.1, 0.15) is 16.2 Å². The number of aromatic nitrogens is 5. The first kappa shape index (κ1) is 29.5. The van der Waals surface area contributed by atoms with E-state index in [0.717, 1.165) is 17.7 Å². The summed E-state index contributed by atoms with van der Waals surface area (Å²) in [7, 11) is 0.907. The Morgan fingerprint density at radius 1 is 1.15 bits per heavy atom. The third-order valence-corrected chi connectivity index (χ3v) is 8.34. The number of rotatable bonds is 9. The molecule has 1 fully saturated rings. The lowest BCUT2D eigenvalue weighted by atomic mass is 10.1. The summed E-state index contributed by atoms with van der Waals surface area (Å²) in [6.45, 7) is 0.0995. The van der Waals surface area contributed by atoms with Gasteiger partial charge in [-0.3, -0.25) is 4.68 Å². The summed E-state index contributed by atoms with van der Waals surface area (Å²) in [5.41, 5.74) is 2.91. The van der Waals surface area contributed by atoms with E-state index in [4.69, 9.17) is 4.74 Å². The molecule has 12 heteroatoms. The summed E-state index contributed by atoms with van der Waals surface area (Å²) in [6, 6.07) is 13.7. The molecule has 1 N–H and O–H groups in total. The summed E-state index contributed by atoms with van der Waals surface area (Å²) in [6.07, 6.45) is 3.93. The summed E-state index contributed by atoms with van der Waals surface area (Å²) in [5, 5.41) is 22.4. The van der Waals surface area contributed by atoms with Gasteiger partial charge in [0, 0.05) is 38.7 Å². The van der Waals surface area contributed by atoms with Crippen molar-refractivity contribution in [1.29, 1.82) is 0 Å². The van der Waals surface area contributed by atoms with Crippen molar-refractivity contribution in [1.82, 2.24) is 29.1 Å². The Balaban J connectivity index is 0.00000210. The van der Waals surface area contributed by atoms with Gasteiger partial charge in [0.2, 0.25) is 10.0 Å². The summed E-state index contributed by atoms with van der Waals surface area (Å²) in [5.74, 6) is -0.789. The summed E-state index contributed by atoms with van der Waals surface area (Å²) < 4.78 is 36.2. The second kappa shape index (κ2) is 11.4. The predicted octanol–water partition coefficient (Wildman–Crippen LogP) is 4.07. The number of ether oxygens (including phenoxy) is 1. The number of benzene rings is 2. The third-order valence-electron chi connectivity index (χ3n) is 6.50. The zero-order chi connectivity index (χ0) is 26.3. The van der Waals surface area contributed by atoms with Crippen molar-refractivity contribution in [2.24, 2.45) is 7.05 Å². The van der Waals surface area contributed by atoms with Crippen LogP contribution in [0.4, 0.5) is 0 Å². The van der Waals surface area contributed by atoms with Gasteiger partial charge in [-0.1, -0.05) is 44.3 Å². The molecule has 1 aliphatic rings. The number of aryl methyl sites for hydroxylation is 1. The largest absolute Gasteiger partial charge is 0.495 e. The van der Waals surface area contributed by atoms with Crippen molar-refractivity contribution in [3.05, 3.63) is 83.4 Å². The zero-order valence-electron chi connectivity index (χ0n) is 20.5. The topological polar surface area (TPSA) is 132 Å². The van der Waals surface area contributed by atoms with E-state index in [1.54, 1.807) is 40.7 Å². The van der Waals surface area contributed by atoms with Crippen LogP contribution >= 0.6 is 0 Å². The molecule has 2 atom stereocenters. The van der Waals surface area contributed by atoms with Crippen LogP contribution in [0.25, 0.3) is 5.69 Å². The molecule has 39 heavy (non-hydrogen) atoms. The quantitative estimate of drug-likeness (QED) is 0.327. The van der Waals surface area contributed by atoms with Crippen LogP contribution in [0.2, 0.25) is 0 Å². The van der Waals surface area contributed by atoms with E-state index in [1.165, 1.54) is 30.7 Å². The van der Waals surface area contributed by atoms with Crippen LogP contribution in [-0.4, -0.2) is 62.7 Å². The Morgan fingerprint density at radius 2 is 1.90 bits per heavy atom. The van der Waals surface area contributed by atoms with Gasteiger partial charge < -0.3 is 9.84 Å². The monoisotopic (exact) mass is 554 g/mol. The van der Waals surface area contributed by atoms with E-state index >= 15 is 0 Å². The number of aromatic carboxylic acids is 1. The number of hydrogen-bond donors (Lipinski definition) is 1. The van der Waals surface area contributed by atoms with Crippen molar-refractivity contribution in [2.45, 2.75) is 44.6 Å². The average molecular weight is 555 g/mol. The molecular weight excluding hydrogens is 520 g/mol. The Labute approximate surface area is 228 Å². The van der Waals surface area contributed by atoms with Crippen LogP contribution in [0.5, 0.6) is 5.75 Å². The highest BCUT2D eigenvalue weighted by molar-refractivity contribution is 7.89. The standard InChI is InChI=1S/C25H26N6O5S.2CH4/c1-29-15-21(27-28-29)18-12-19(18)24-20(25(32)33)13-26-31(24)17-8-6-7-16(11-17)14-30(2)37(34,35)23-10-5-4-9-22(23)36-3;;/h4-11,13,15,18-19H,12,14H2,1-3H3,(H,32,33);2*1H4/t18-,19-;;/m1../s1. The molecule has 0 unspecified atom stereocenters. The highest BCUT2D eigenvalue weighted by Gasteiger charge is 2.46. The maximum Gasteiger partial charge on any atom is 0.339 e. The fraction of sp³-hybridized carbons (Fsp3) is 0.333. The fourth-order valence-corrected chi connectivity index (χ4v) is 5.88. The Kier molecular flexibility index (Phi) is 8.61. The number of sulfonamides is 1. The molecule has 11 nitrogen and oxygen atoms in total. The molecular formula is C27H34N6O5S. The molecule has 0 radical (unpaired) electrons. The number of methoxy groups -OCH3 is 1. The van der Waals surface area contributed by atoms with Gasteiger partial charge in [-0.25, -0.2) is 17.9 Å². The van der Waals surface area contributed by atoms with Crippen molar-refractivity contribution >= 4 is 16.0 Å². The van der Waals surface area contributed by atoms with Crippen LogP contribution in [-0.2, 0) is 23.6 Å². The van der Waals surface area contributed by atoms with E-state index < -0.39 is 16.0 Å². The van der Waals surface area contributed by atoms with Crippen molar-refractivity contribution < 1.29 is 23.1 Å². The normalized spacial score (nSPS) is 16.3. The number of carboxylic acid groups (broad SMARTS) is 1. The summed E-state index contributed by atoms with van der Waals surface area (Å²) >= 11 is 0. The van der Waals surface area contributed by atoms with E-state index in [-0.39, 0.29) is 49.4 Å². The van der Waals surface area contributed by atoms with Gasteiger partial charge in [0.05, 0.1) is 30.4 Å². The second-order valence-electron chi connectivity index (χ2n) is 9.01. The zero-order valence-corrected chi connectivity index (χ0v) is 21.3. The number of carbonyl (C=O) groups is 1. The minimum absolute atomic E-state index is 0. The number of para-hydroxylation sites is 1. The molecule has 0 bridgehead atoms. The van der Waals surface area contributed by atoms with Gasteiger partial charge in [-0.05, 0) is 36.2 Å². The molecule has 208 valence electrons. The van der Waals surface area contributed by atoms with E-state index in [2.05, 4.69) is 15.4 Å². The maximum absolute atomic E-state index is 13.2. The first-order valence-electron chi connectivity index (χ1n) is 11.6. The average Bonchev–Trinajstić information content (AvgIpc) is 3.33. The molecule has 5 rings (SSSR count). The SMILES string of the molecule is C.C.COc1ccccc1S(=O)(=O)N(C)Cc1cccc(-n2ncc(C(=O)O)c2[C@@H]2C[C@H]2c2cn(C)nn2)c1. The lowest BCUT2D eigenvalue weighted by molar-refractivity contribution is 0.0695. The van der Waals surface area contributed by atoms with E-state index in [1.807, 2.05) is 24.4 Å². The molecule has 2 aromatic heterocycles. The highest BCUT2D eigenvalue weighted by atomic mass is 32.2. The molecule has 2 heterocycles. The molecule has 4 aromatic rings. The molecule has 0 aliphatic heterocycles. The highest BCUT2D eigenvalue weighted by Crippen LogP contribution is 2.55. The molecule has 0 saturated heterocycles.